The molecule has 1 unspecified atom stereocenters. The smallest absolute Gasteiger partial charge is 0.326 e. The van der Waals surface area contributed by atoms with E-state index in [0.29, 0.717) is 12.1 Å². The highest BCUT2D eigenvalue weighted by Gasteiger charge is 2.35. The molecule has 0 aliphatic carbocycles. The number of likely N-dealkylation sites (tertiary alicyclic amines) is 1. The lowest BCUT2D eigenvalue weighted by atomic mass is 9.95. The third kappa shape index (κ3) is 4.45. The number of nitrogens with zero attached hydrogens (tertiary/aromatic N) is 1. The van der Waals surface area contributed by atoms with Crippen molar-refractivity contribution in [2.75, 3.05) is 26.2 Å². The molecule has 1 fully saturated rings. The molecule has 1 atom stereocenters. The van der Waals surface area contributed by atoms with Crippen LogP contribution in [0.3, 0.4) is 0 Å². The van der Waals surface area contributed by atoms with Gasteiger partial charge in [0.05, 0.1) is 6.61 Å². The van der Waals surface area contributed by atoms with Gasteiger partial charge in [-0.25, -0.2) is 0 Å². The Balaban J connectivity index is 2.48. The normalized spacial score (nSPS) is 21.6. The van der Waals surface area contributed by atoms with Crippen molar-refractivity contribution in [1.82, 2.24) is 10.2 Å². The summed E-state index contributed by atoms with van der Waals surface area (Å²) >= 11 is 0. The Morgan fingerprint density at radius 1 is 1.40 bits per heavy atom. The predicted octanol–water partition coefficient (Wildman–Crippen LogP) is 2.57. The van der Waals surface area contributed by atoms with Crippen LogP contribution < -0.4 is 5.32 Å². The van der Waals surface area contributed by atoms with E-state index < -0.39 is 5.54 Å². The number of rotatable bonds is 8. The van der Waals surface area contributed by atoms with Gasteiger partial charge < -0.3 is 10.1 Å². The minimum atomic E-state index is -0.547. The van der Waals surface area contributed by atoms with E-state index in [4.69, 9.17) is 4.74 Å². The molecule has 4 heteroatoms. The fourth-order valence-electron chi connectivity index (χ4n) is 3.14. The lowest BCUT2D eigenvalue weighted by Gasteiger charge is -2.33. The molecule has 0 aromatic heterocycles. The van der Waals surface area contributed by atoms with E-state index in [-0.39, 0.29) is 5.97 Å². The number of carbonyl (C=O) groups excluding carboxylic acids is 1. The molecule has 1 saturated heterocycles. The van der Waals surface area contributed by atoms with E-state index in [2.05, 4.69) is 24.1 Å². The average Bonchev–Trinajstić information content (AvgIpc) is 2.69. The zero-order valence-corrected chi connectivity index (χ0v) is 13.9. The summed E-state index contributed by atoms with van der Waals surface area (Å²) in [6.07, 6.45) is 4.41. The fourth-order valence-corrected chi connectivity index (χ4v) is 3.14. The number of hydrogen-bond acceptors (Lipinski definition) is 4. The van der Waals surface area contributed by atoms with Crippen LogP contribution in [0.1, 0.15) is 60.3 Å². The molecule has 0 amide bonds. The standard InChI is InChI=1S/C16H32N2O2/c1-6-17-16(5,14(19)20-7-2)11-9-13-18-12-8-10-15(18,3)4/h17H,6-13H2,1-5H3. The van der Waals surface area contributed by atoms with Crippen LogP contribution in [0.15, 0.2) is 0 Å². The van der Waals surface area contributed by atoms with Gasteiger partial charge in [-0.05, 0) is 73.0 Å². The number of carbonyl (C=O) groups is 1. The van der Waals surface area contributed by atoms with Crippen molar-refractivity contribution in [3.05, 3.63) is 0 Å². The van der Waals surface area contributed by atoms with Gasteiger partial charge in [0, 0.05) is 5.54 Å². The Morgan fingerprint density at radius 2 is 2.10 bits per heavy atom. The summed E-state index contributed by atoms with van der Waals surface area (Å²) in [5, 5.41) is 3.30. The van der Waals surface area contributed by atoms with Crippen LogP contribution in [0, 0.1) is 0 Å². The third-order valence-corrected chi connectivity index (χ3v) is 4.47. The molecular weight excluding hydrogens is 252 g/mol. The van der Waals surface area contributed by atoms with E-state index in [9.17, 15) is 4.79 Å². The molecule has 4 nitrogen and oxygen atoms in total. The fraction of sp³-hybridized carbons (Fsp3) is 0.938. The van der Waals surface area contributed by atoms with Crippen molar-refractivity contribution in [1.29, 1.82) is 0 Å². The summed E-state index contributed by atoms with van der Waals surface area (Å²) in [5.74, 6) is -0.123. The summed E-state index contributed by atoms with van der Waals surface area (Å²) in [5.41, 5.74) is -0.229. The number of esters is 1. The number of nitrogens with one attached hydrogen (secondary N) is 1. The van der Waals surface area contributed by atoms with Crippen molar-refractivity contribution in [2.45, 2.75) is 71.4 Å². The van der Waals surface area contributed by atoms with E-state index in [1.807, 2.05) is 20.8 Å². The summed E-state index contributed by atoms with van der Waals surface area (Å²) in [6, 6.07) is 0. The summed E-state index contributed by atoms with van der Waals surface area (Å²) in [4.78, 5) is 14.7. The first-order valence-electron chi connectivity index (χ1n) is 8.03. The molecule has 0 radical (unpaired) electrons. The van der Waals surface area contributed by atoms with E-state index in [1.165, 1.54) is 19.4 Å². The second-order valence-corrected chi connectivity index (χ2v) is 6.59. The topological polar surface area (TPSA) is 41.6 Å². The Hall–Kier alpha value is -0.610. The van der Waals surface area contributed by atoms with Crippen molar-refractivity contribution in [3.8, 4) is 0 Å². The molecular formula is C16H32N2O2. The van der Waals surface area contributed by atoms with E-state index >= 15 is 0 Å². The van der Waals surface area contributed by atoms with Crippen molar-refractivity contribution in [2.24, 2.45) is 0 Å². The Kier molecular flexibility index (Phi) is 6.46. The van der Waals surface area contributed by atoms with Gasteiger partial charge in [0.1, 0.15) is 5.54 Å². The van der Waals surface area contributed by atoms with Crippen molar-refractivity contribution < 1.29 is 9.53 Å². The van der Waals surface area contributed by atoms with Crippen LogP contribution >= 0.6 is 0 Å². The van der Waals surface area contributed by atoms with Crippen LogP contribution in [0.25, 0.3) is 0 Å². The van der Waals surface area contributed by atoms with Crippen LogP contribution in [-0.2, 0) is 9.53 Å². The second kappa shape index (κ2) is 7.41. The first-order chi connectivity index (χ1) is 9.35. The summed E-state index contributed by atoms with van der Waals surface area (Å²) in [7, 11) is 0. The summed E-state index contributed by atoms with van der Waals surface area (Å²) in [6.45, 7) is 14.0. The van der Waals surface area contributed by atoms with Crippen LogP contribution in [0.4, 0.5) is 0 Å². The van der Waals surface area contributed by atoms with Gasteiger partial charge in [0.15, 0.2) is 0 Å². The van der Waals surface area contributed by atoms with Gasteiger partial charge in [0.2, 0.25) is 0 Å². The molecule has 0 saturated carbocycles. The Bertz CT molecular complexity index is 318. The van der Waals surface area contributed by atoms with Gasteiger partial charge in [-0.2, -0.15) is 0 Å². The maximum atomic E-state index is 12.1. The van der Waals surface area contributed by atoms with Crippen LogP contribution in [0.2, 0.25) is 0 Å². The molecule has 1 aliphatic heterocycles. The molecule has 0 aromatic rings. The quantitative estimate of drug-likeness (QED) is 0.696. The highest BCUT2D eigenvalue weighted by molar-refractivity contribution is 5.80. The molecule has 0 spiro atoms. The molecule has 0 aromatic carbocycles. The Morgan fingerprint density at radius 3 is 2.60 bits per heavy atom. The van der Waals surface area contributed by atoms with E-state index in [1.54, 1.807) is 0 Å². The highest BCUT2D eigenvalue weighted by Crippen LogP contribution is 2.28. The van der Waals surface area contributed by atoms with Gasteiger partial charge in [-0.3, -0.25) is 9.69 Å². The van der Waals surface area contributed by atoms with Crippen molar-refractivity contribution in [3.63, 3.8) is 0 Å². The van der Waals surface area contributed by atoms with Gasteiger partial charge >= 0.3 is 5.97 Å². The Labute approximate surface area is 124 Å². The monoisotopic (exact) mass is 284 g/mol. The number of ether oxygens (including phenoxy) is 1. The van der Waals surface area contributed by atoms with Gasteiger partial charge in [-0.1, -0.05) is 6.92 Å². The zero-order valence-electron chi connectivity index (χ0n) is 13.9. The maximum Gasteiger partial charge on any atom is 0.326 e. The minimum Gasteiger partial charge on any atom is -0.465 e. The van der Waals surface area contributed by atoms with E-state index in [0.717, 1.165) is 25.9 Å². The third-order valence-electron chi connectivity index (χ3n) is 4.47. The lowest BCUT2D eigenvalue weighted by molar-refractivity contribution is -0.150. The molecule has 1 N–H and O–H groups in total. The number of hydrogen-bond donors (Lipinski definition) is 1. The molecule has 0 bridgehead atoms. The maximum absolute atomic E-state index is 12.1. The molecule has 118 valence electrons. The SMILES string of the molecule is CCNC(C)(CCCN1CCCC1(C)C)C(=O)OCC. The minimum absolute atomic E-state index is 0.123. The first-order valence-corrected chi connectivity index (χ1v) is 8.03. The van der Waals surface area contributed by atoms with Gasteiger partial charge in [0.25, 0.3) is 0 Å². The molecule has 1 heterocycles. The van der Waals surface area contributed by atoms with Crippen LogP contribution in [-0.4, -0.2) is 48.2 Å². The van der Waals surface area contributed by atoms with Crippen molar-refractivity contribution >= 4 is 5.97 Å². The largest absolute Gasteiger partial charge is 0.465 e. The first kappa shape index (κ1) is 17.4. The van der Waals surface area contributed by atoms with Crippen LogP contribution in [0.5, 0.6) is 0 Å². The second-order valence-electron chi connectivity index (χ2n) is 6.59. The average molecular weight is 284 g/mol. The highest BCUT2D eigenvalue weighted by atomic mass is 16.5. The molecule has 20 heavy (non-hydrogen) atoms. The molecule has 1 rings (SSSR count). The molecule has 1 aliphatic rings. The summed E-state index contributed by atoms with van der Waals surface area (Å²) < 4.78 is 5.21. The number of likely N-dealkylation sites (N-methyl/N-ethyl adjacent to an activating group) is 1. The predicted molar refractivity (Wildman–Crippen MR) is 82.8 cm³/mol. The zero-order chi connectivity index (χ0) is 15.2. The van der Waals surface area contributed by atoms with Gasteiger partial charge in [-0.15, -0.1) is 0 Å². The lowest BCUT2D eigenvalue weighted by Crippen LogP contribution is -2.51.